The van der Waals surface area contributed by atoms with Crippen LogP contribution in [0.2, 0.25) is 0 Å². The van der Waals surface area contributed by atoms with E-state index in [9.17, 15) is 19.2 Å². The average Bonchev–Trinajstić information content (AvgIpc) is 3.78. The van der Waals surface area contributed by atoms with Gasteiger partial charge < -0.3 is 79.4 Å². The molecule has 12 rings (SSSR count). The highest BCUT2D eigenvalue weighted by molar-refractivity contribution is 6.02. The first-order valence-corrected chi connectivity index (χ1v) is 31.2. The van der Waals surface area contributed by atoms with E-state index in [0.29, 0.717) is 134 Å². The molecule has 4 N–H and O–H groups in total. The molecule has 6 amide bonds. The van der Waals surface area contributed by atoms with E-state index in [2.05, 4.69) is 78.9 Å². The van der Waals surface area contributed by atoms with Crippen LogP contribution in [0.1, 0.15) is 46.4 Å². The lowest BCUT2D eigenvalue weighted by molar-refractivity contribution is 0.0656. The molecule has 0 radical (unpaired) electrons. The van der Waals surface area contributed by atoms with Gasteiger partial charge in [0.05, 0.1) is 52.9 Å². The number of nitrogens with zero attached hydrogens (tertiary/aromatic N) is 14. The molecule has 6 aromatic rings. The van der Waals surface area contributed by atoms with Crippen molar-refractivity contribution < 1.29 is 38.1 Å². The van der Waals surface area contributed by atoms with Crippen LogP contribution in [0.4, 0.5) is 56.1 Å². The van der Waals surface area contributed by atoms with Crippen LogP contribution >= 0.6 is 0 Å². The molecule has 0 atom stereocenters. The van der Waals surface area contributed by atoms with Crippen molar-refractivity contribution >= 4 is 70.4 Å². The highest BCUT2D eigenvalue weighted by atomic mass is 16.5. The number of likely N-dealkylation sites (tertiary alicyclic amines) is 2. The second-order valence-electron chi connectivity index (χ2n) is 23.4. The summed E-state index contributed by atoms with van der Waals surface area (Å²) in [4.78, 5) is 96.9. The Bertz CT molecular complexity index is 3050. The number of carbonyl (C=O) groups is 4. The zero-order valence-electron chi connectivity index (χ0n) is 51.9. The summed E-state index contributed by atoms with van der Waals surface area (Å²) in [5.41, 5.74) is 5.32. The van der Waals surface area contributed by atoms with Crippen molar-refractivity contribution in [3.05, 3.63) is 108 Å². The lowest BCUT2D eigenvalue weighted by Gasteiger charge is -2.35. The summed E-state index contributed by atoms with van der Waals surface area (Å²) in [6, 6.07) is 29.2. The first-order chi connectivity index (χ1) is 43.8. The number of benzene rings is 4. The SMILES string of the molecule is CN(C)C1CCN(C(=O)c2ccc(NC(=O)Nc3ccc(-c4nc(N5CCOCC5)nc(N5CCOCC5)n4)cc3)cc2)CC1.CN(C)C1CCN(C(=O)c2ccc(NC(=O)Nc3ccc(-c4nc(N5CCOCC5)nc(N5CCOCC5)n4)cc3)cc2)CC1. The van der Waals surface area contributed by atoms with Crippen molar-refractivity contribution in [1.29, 1.82) is 0 Å². The molecular formula is C64H82N18O8. The first-order valence-electron chi connectivity index (χ1n) is 31.2. The number of aromatic nitrogens is 6. The number of amides is 6. The summed E-state index contributed by atoms with van der Waals surface area (Å²) >= 11 is 0. The van der Waals surface area contributed by atoms with Crippen molar-refractivity contribution in [2.24, 2.45) is 0 Å². The quantitative estimate of drug-likeness (QED) is 0.0969. The maximum Gasteiger partial charge on any atom is 0.323 e. The van der Waals surface area contributed by atoms with Crippen LogP contribution in [-0.4, -0.2) is 245 Å². The Morgan fingerprint density at radius 1 is 0.356 bits per heavy atom. The third kappa shape index (κ3) is 16.6. The number of nitrogens with one attached hydrogen (secondary N) is 4. The third-order valence-corrected chi connectivity index (χ3v) is 16.9. The van der Waals surface area contributed by atoms with Gasteiger partial charge in [-0.25, -0.2) is 9.59 Å². The predicted molar refractivity (Wildman–Crippen MR) is 346 cm³/mol. The molecule has 6 saturated heterocycles. The van der Waals surface area contributed by atoms with Gasteiger partial charge >= 0.3 is 12.1 Å². The standard InChI is InChI=1S/2C32H41N9O4/c2*1-38(2)27-11-13-39(14-12-27)29(42)24-5-9-26(10-6-24)34-32(43)33-25-7-3-23(4-8-25)28-35-30(40-15-19-44-20-16-40)37-31(36-28)41-17-21-45-22-18-41/h2*3-10,27H,11-22H2,1-2H3,(H2,33,34,43). The van der Waals surface area contributed by atoms with E-state index in [1.54, 1.807) is 48.5 Å². The smallest absolute Gasteiger partial charge is 0.323 e. The Morgan fingerprint density at radius 2 is 0.600 bits per heavy atom. The number of rotatable bonds is 14. The normalized spacial score (nSPS) is 17.8. The second-order valence-corrected chi connectivity index (χ2v) is 23.4. The minimum Gasteiger partial charge on any atom is -0.378 e. The van der Waals surface area contributed by atoms with Gasteiger partial charge in [0.1, 0.15) is 0 Å². The van der Waals surface area contributed by atoms with Gasteiger partial charge in [-0.2, -0.15) is 29.9 Å². The van der Waals surface area contributed by atoms with E-state index in [0.717, 1.165) is 115 Å². The summed E-state index contributed by atoms with van der Waals surface area (Å²) in [6.07, 6.45) is 3.89. The molecule has 2 aromatic heterocycles. The fourth-order valence-corrected chi connectivity index (χ4v) is 11.5. The minimum absolute atomic E-state index is 0.0237. The number of ether oxygens (including phenoxy) is 4. The Hall–Kier alpha value is -8.66. The molecule has 476 valence electrons. The maximum atomic E-state index is 13.0. The molecule has 6 aliphatic heterocycles. The zero-order chi connectivity index (χ0) is 62.3. The Balaban J connectivity index is 0.000000185. The highest BCUT2D eigenvalue weighted by Crippen LogP contribution is 2.28. The molecular weight excluding hydrogens is 1150 g/mol. The number of carbonyl (C=O) groups excluding carboxylic acids is 4. The molecule has 4 aromatic carbocycles. The van der Waals surface area contributed by atoms with Crippen molar-refractivity contribution in [2.45, 2.75) is 37.8 Å². The van der Waals surface area contributed by atoms with Crippen LogP contribution in [0.5, 0.6) is 0 Å². The zero-order valence-corrected chi connectivity index (χ0v) is 51.9. The van der Waals surface area contributed by atoms with Gasteiger partial charge in [0.2, 0.25) is 23.8 Å². The molecule has 0 aliphatic carbocycles. The molecule has 26 heteroatoms. The number of morpholine rings is 4. The number of anilines is 8. The van der Waals surface area contributed by atoms with Crippen molar-refractivity contribution in [3.8, 4) is 22.8 Å². The number of hydrogen-bond acceptors (Lipinski definition) is 20. The third-order valence-electron chi connectivity index (χ3n) is 16.9. The lowest BCUT2D eigenvalue weighted by Crippen LogP contribution is -2.44. The predicted octanol–water partition coefficient (Wildman–Crippen LogP) is 6.04. The van der Waals surface area contributed by atoms with Gasteiger partial charge in [0.15, 0.2) is 11.6 Å². The summed E-state index contributed by atoms with van der Waals surface area (Å²) in [5, 5.41) is 11.4. The summed E-state index contributed by atoms with van der Waals surface area (Å²) in [5.74, 6) is 3.72. The van der Waals surface area contributed by atoms with Crippen LogP contribution in [0.15, 0.2) is 97.1 Å². The average molecular weight is 1230 g/mol. The lowest BCUT2D eigenvalue weighted by atomic mass is 10.0. The molecule has 0 unspecified atom stereocenters. The number of piperidine rings is 2. The first kappa shape index (κ1) is 62.9. The molecule has 6 aliphatic rings. The largest absolute Gasteiger partial charge is 0.378 e. The molecule has 6 fully saturated rings. The maximum absolute atomic E-state index is 13.0. The van der Waals surface area contributed by atoms with Crippen LogP contribution in [-0.2, 0) is 18.9 Å². The second kappa shape index (κ2) is 30.2. The summed E-state index contributed by atoms with van der Waals surface area (Å²) in [6.45, 7) is 13.8. The van der Waals surface area contributed by atoms with E-state index in [1.807, 2.05) is 58.3 Å². The van der Waals surface area contributed by atoms with Gasteiger partial charge in [-0.3, -0.25) is 9.59 Å². The Labute approximate surface area is 525 Å². The van der Waals surface area contributed by atoms with Crippen molar-refractivity contribution in [3.63, 3.8) is 0 Å². The van der Waals surface area contributed by atoms with Gasteiger partial charge in [0, 0.05) is 136 Å². The molecule has 8 heterocycles. The van der Waals surface area contributed by atoms with E-state index >= 15 is 0 Å². The van der Waals surface area contributed by atoms with Crippen LogP contribution in [0, 0.1) is 0 Å². The number of urea groups is 2. The van der Waals surface area contributed by atoms with Gasteiger partial charge in [0.25, 0.3) is 11.8 Å². The summed E-state index contributed by atoms with van der Waals surface area (Å²) in [7, 11) is 8.34. The van der Waals surface area contributed by atoms with Gasteiger partial charge in [-0.15, -0.1) is 0 Å². The van der Waals surface area contributed by atoms with Crippen molar-refractivity contribution in [1.82, 2.24) is 49.5 Å². The topological polar surface area (TPSA) is 257 Å². The van der Waals surface area contributed by atoms with Crippen LogP contribution in [0.3, 0.4) is 0 Å². The Morgan fingerprint density at radius 3 is 0.844 bits per heavy atom. The van der Waals surface area contributed by atoms with Crippen molar-refractivity contribution in [2.75, 3.05) is 200 Å². The molecule has 0 bridgehead atoms. The van der Waals surface area contributed by atoms with Gasteiger partial charge in [-0.1, -0.05) is 0 Å². The molecule has 90 heavy (non-hydrogen) atoms. The molecule has 26 nitrogen and oxygen atoms in total. The van der Waals surface area contributed by atoms with E-state index < -0.39 is 0 Å². The van der Waals surface area contributed by atoms with E-state index in [1.165, 1.54) is 0 Å². The summed E-state index contributed by atoms with van der Waals surface area (Å²) < 4.78 is 22.1. The monoisotopic (exact) mass is 1230 g/mol. The van der Waals surface area contributed by atoms with E-state index in [-0.39, 0.29) is 23.9 Å². The highest BCUT2D eigenvalue weighted by Gasteiger charge is 2.28. The molecule has 0 spiro atoms. The number of hydrogen-bond donors (Lipinski definition) is 4. The van der Waals surface area contributed by atoms with E-state index in [4.69, 9.17) is 48.9 Å². The van der Waals surface area contributed by atoms with Crippen LogP contribution < -0.4 is 40.9 Å². The van der Waals surface area contributed by atoms with Gasteiger partial charge in [-0.05, 0) is 151 Å². The minimum atomic E-state index is -0.378. The fraction of sp³-hybridized carbons (Fsp3) is 0.469. The molecule has 0 saturated carbocycles. The van der Waals surface area contributed by atoms with Crippen LogP contribution in [0.25, 0.3) is 22.8 Å². The Kier molecular flexibility index (Phi) is 21.1. The fourth-order valence-electron chi connectivity index (χ4n) is 11.5.